The van der Waals surface area contributed by atoms with Gasteiger partial charge < -0.3 is 10.1 Å². The van der Waals surface area contributed by atoms with Crippen molar-refractivity contribution in [3.05, 3.63) is 24.3 Å². The summed E-state index contributed by atoms with van der Waals surface area (Å²) in [6.07, 6.45) is 11.1. The van der Waals surface area contributed by atoms with E-state index in [4.69, 9.17) is 10.00 Å². The Balaban J connectivity index is 2.28. The highest BCUT2D eigenvalue weighted by atomic mass is 16.5. The van der Waals surface area contributed by atoms with Crippen molar-refractivity contribution >= 4 is 11.6 Å². The molecule has 25 heavy (non-hydrogen) atoms. The highest BCUT2D eigenvalue weighted by molar-refractivity contribution is 5.92. The van der Waals surface area contributed by atoms with Crippen molar-refractivity contribution in [1.29, 1.82) is 5.26 Å². The van der Waals surface area contributed by atoms with Crippen LogP contribution < -0.4 is 10.1 Å². The van der Waals surface area contributed by atoms with Crippen LogP contribution in [-0.2, 0) is 4.79 Å². The van der Waals surface area contributed by atoms with Crippen LogP contribution in [0.1, 0.15) is 77.6 Å². The number of nitrogens with one attached hydrogen (secondary N) is 1. The van der Waals surface area contributed by atoms with Crippen molar-refractivity contribution in [2.75, 3.05) is 11.9 Å². The van der Waals surface area contributed by atoms with E-state index < -0.39 is 0 Å². The zero-order valence-corrected chi connectivity index (χ0v) is 15.6. The first-order chi connectivity index (χ1) is 12.3. The van der Waals surface area contributed by atoms with E-state index in [1.54, 1.807) is 0 Å². The molecule has 4 nitrogen and oxygen atoms in total. The molecule has 1 aromatic rings. The van der Waals surface area contributed by atoms with Crippen molar-refractivity contribution in [3.63, 3.8) is 0 Å². The molecule has 0 aliphatic rings. The number of unbranched alkanes of at least 4 members (excludes halogenated alkanes) is 8. The smallest absolute Gasteiger partial charge is 0.224 e. The summed E-state index contributed by atoms with van der Waals surface area (Å²) in [6.45, 7) is 2.81. The lowest BCUT2D eigenvalue weighted by atomic mass is 10.1. The molecular formula is C21H32N2O2. The molecule has 0 spiro atoms. The highest BCUT2D eigenvalue weighted by Crippen LogP contribution is 2.24. The molecule has 0 aliphatic carbocycles. The molecule has 4 heteroatoms. The topological polar surface area (TPSA) is 62.1 Å². The molecule has 0 aliphatic heterocycles. The third kappa shape index (κ3) is 10.4. The van der Waals surface area contributed by atoms with Gasteiger partial charge >= 0.3 is 0 Å². The number of hydrogen-bond donors (Lipinski definition) is 1. The number of carbonyl (C=O) groups is 1. The number of carbonyl (C=O) groups excluding carboxylic acids is 1. The molecule has 0 radical (unpaired) electrons. The van der Waals surface area contributed by atoms with E-state index in [0.29, 0.717) is 19.4 Å². The fourth-order valence-electron chi connectivity index (χ4n) is 2.64. The Bertz CT molecular complexity index is 523. The SMILES string of the molecule is CCCCCCCCC(=O)Nc1ccccc1OCCCCCC#N. The lowest BCUT2D eigenvalue weighted by Crippen LogP contribution is -2.12. The summed E-state index contributed by atoms with van der Waals surface area (Å²) in [6, 6.07) is 9.73. The Morgan fingerprint density at radius 3 is 2.56 bits per heavy atom. The number of rotatable bonds is 14. The first-order valence-corrected chi connectivity index (χ1v) is 9.66. The van der Waals surface area contributed by atoms with Crippen LogP contribution in [0, 0.1) is 11.3 Å². The molecule has 0 heterocycles. The van der Waals surface area contributed by atoms with E-state index in [1.165, 1.54) is 25.7 Å². The summed E-state index contributed by atoms with van der Waals surface area (Å²) in [5.74, 6) is 0.777. The lowest BCUT2D eigenvalue weighted by molar-refractivity contribution is -0.116. The Labute approximate surface area is 152 Å². The fourth-order valence-corrected chi connectivity index (χ4v) is 2.64. The standard InChI is InChI=1S/C21H32N2O2/c1-2-3-4-5-6-9-16-21(24)23-19-14-10-11-15-20(19)25-18-13-8-7-12-17-22/h10-11,14-15H,2-9,12-13,16,18H2,1H3,(H,23,24). The Kier molecular flexibility index (Phi) is 12.1. The molecule has 1 N–H and O–H groups in total. The van der Waals surface area contributed by atoms with Crippen molar-refractivity contribution in [3.8, 4) is 11.8 Å². The number of para-hydroxylation sites is 2. The molecule has 0 aromatic heterocycles. The highest BCUT2D eigenvalue weighted by Gasteiger charge is 2.07. The zero-order chi connectivity index (χ0) is 18.2. The first kappa shape index (κ1) is 21.0. The van der Waals surface area contributed by atoms with E-state index in [1.807, 2.05) is 24.3 Å². The average molecular weight is 344 g/mol. The van der Waals surface area contributed by atoms with E-state index in [-0.39, 0.29) is 5.91 Å². The number of nitrogens with zero attached hydrogens (tertiary/aromatic N) is 1. The third-order valence-corrected chi connectivity index (χ3v) is 4.11. The summed E-state index contributed by atoms with van der Waals surface area (Å²) >= 11 is 0. The monoisotopic (exact) mass is 344 g/mol. The van der Waals surface area contributed by atoms with Crippen molar-refractivity contribution in [1.82, 2.24) is 0 Å². The van der Waals surface area contributed by atoms with E-state index in [0.717, 1.165) is 43.5 Å². The number of benzene rings is 1. The van der Waals surface area contributed by atoms with E-state index in [2.05, 4.69) is 18.3 Å². The number of amides is 1. The molecule has 1 aromatic carbocycles. The van der Waals surface area contributed by atoms with Gasteiger partial charge in [0.1, 0.15) is 5.75 Å². The maximum atomic E-state index is 12.1. The first-order valence-electron chi connectivity index (χ1n) is 9.66. The number of nitriles is 1. The van der Waals surface area contributed by atoms with E-state index >= 15 is 0 Å². The van der Waals surface area contributed by atoms with Crippen LogP contribution in [0.25, 0.3) is 0 Å². The zero-order valence-electron chi connectivity index (χ0n) is 15.6. The largest absolute Gasteiger partial charge is 0.491 e. The molecule has 138 valence electrons. The van der Waals surface area contributed by atoms with Gasteiger partial charge in [-0.1, -0.05) is 51.2 Å². The minimum Gasteiger partial charge on any atom is -0.491 e. The van der Waals surface area contributed by atoms with Crippen LogP contribution in [0.4, 0.5) is 5.69 Å². The maximum Gasteiger partial charge on any atom is 0.224 e. The minimum atomic E-state index is 0.0561. The third-order valence-electron chi connectivity index (χ3n) is 4.11. The molecule has 1 amide bonds. The van der Waals surface area contributed by atoms with Crippen molar-refractivity contribution < 1.29 is 9.53 Å². The quantitative estimate of drug-likeness (QED) is 0.431. The average Bonchev–Trinajstić information content (AvgIpc) is 2.62. The van der Waals surface area contributed by atoms with Gasteiger partial charge in [-0.25, -0.2) is 0 Å². The van der Waals surface area contributed by atoms with Crippen LogP contribution in [0.3, 0.4) is 0 Å². The molecule has 0 saturated heterocycles. The van der Waals surface area contributed by atoms with Gasteiger partial charge in [-0.15, -0.1) is 0 Å². The summed E-state index contributed by atoms with van der Waals surface area (Å²) in [5.41, 5.74) is 0.746. The van der Waals surface area contributed by atoms with Gasteiger partial charge in [0.2, 0.25) is 5.91 Å². The summed E-state index contributed by atoms with van der Waals surface area (Å²) < 4.78 is 5.79. The Hall–Kier alpha value is -2.02. The molecular weight excluding hydrogens is 312 g/mol. The number of hydrogen-bond acceptors (Lipinski definition) is 3. The molecule has 0 saturated carbocycles. The molecule has 0 unspecified atom stereocenters. The molecule has 0 atom stereocenters. The second-order valence-electron chi connectivity index (χ2n) is 6.38. The normalized spacial score (nSPS) is 10.2. The predicted molar refractivity (Wildman–Crippen MR) is 103 cm³/mol. The van der Waals surface area contributed by atoms with Gasteiger partial charge in [0.05, 0.1) is 18.4 Å². The van der Waals surface area contributed by atoms with Crippen LogP contribution >= 0.6 is 0 Å². The molecule has 0 bridgehead atoms. The second-order valence-corrected chi connectivity index (χ2v) is 6.38. The van der Waals surface area contributed by atoms with Gasteiger partial charge in [-0.2, -0.15) is 5.26 Å². The van der Waals surface area contributed by atoms with Crippen LogP contribution in [0.5, 0.6) is 5.75 Å². The number of anilines is 1. The molecule has 0 fully saturated rings. The predicted octanol–water partition coefficient (Wildman–Crippen LogP) is 5.84. The van der Waals surface area contributed by atoms with Crippen LogP contribution in [0.2, 0.25) is 0 Å². The molecule has 1 rings (SSSR count). The van der Waals surface area contributed by atoms with E-state index in [9.17, 15) is 4.79 Å². The lowest BCUT2D eigenvalue weighted by Gasteiger charge is -2.12. The Morgan fingerprint density at radius 2 is 1.76 bits per heavy atom. The van der Waals surface area contributed by atoms with Crippen LogP contribution in [-0.4, -0.2) is 12.5 Å². The van der Waals surface area contributed by atoms with Gasteiger partial charge in [0, 0.05) is 12.8 Å². The Morgan fingerprint density at radius 1 is 1.04 bits per heavy atom. The second kappa shape index (κ2) is 14.3. The van der Waals surface area contributed by atoms with Crippen molar-refractivity contribution in [2.45, 2.75) is 77.6 Å². The van der Waals surface area contributed by atoms with Gasteiger partial charge in [0.25, 0.3) is 0 Å². The minimum absolute atomic E-state index is 0.0561. The van der Waals surface area contributed by atoms with Gasteiger partial charge in [-0.05, 0) is 37.8 Å². The van der Waals surface area contributed by atoms with Crippen molar-refractivity contribution in [2.24, 2.45) is 0 Å². The number of ether oxygens (including phenoxy) is 1. The maximum absolute atomic E-state index is 12.1. The summed E-state index contributed by atoms with van der Waals surface area (Å²) in [7, 11) is 0. The van der Waals surface area contributed by atoms with Crippen LogP contribution in [0.15, 0.2) is 24.3 Å². The van der Waals surface area contributed by atoms with Gasteiger partial charge in [0.15, 0.2) is 0 Å². The van der Waals surface area contributed by atoms with Gasteiger partial charge in [-0.3, -0.25) is 4.79 Å². The fraction of sp³-hybridized carbons (Fsp3) is 0.619. The summed E-state index contributed by atoms with van der Waals surface area (Å²) in [4.78, 5) is 12.1. The summed E-state index contributed by atoms with van der Waals surface area (Å²) in [5, 5.41) is 11.5.